The molecular weight excluding hydrogens is 424 g/mol. The summed E-state index contributed by atoms with van der Waals surface area (Å²) in [6.45, 7) is 1.86. The third-order valence-corrected chi connectivity index (χ3v) is 7.71. The van der Waals surface area contributed by atoms with Crippen molar-refractivity contribution in [1.29, 1.82) is 0 Å². The van der Waals surface area contributed by atoms with Gasteiger partial charge in [0, 0.05) is 44.4 Å². The number of carbonyl (C=O) groups excluding carboxylic acids is 1. The molecule has 0 unspecified atom stereocenters. The predicted molar refractivity (Wildman–Crippen MR) is 112 cm³/mol. The van der Waals surface area contributed by atoms with Gasteiger partial charge in [-0.25, -0.2) is 8.42 Å². The van der Waals surface area contributed by atoms with Crippen LogP contribution >= 0.6 is 0 Å². The van der Waals surface area contributed by atoms with Gasteiger partial charge in [-0.15, -0.1) is 0 Å². The van der Waals surface area contributed by atoms with Crippen LogP contribution in [0.4, 0.5) is 11.4 Å². The number of non-ortho nitro benzene ring substituents is 1. The Morgan fingerprint density at radius 3 is 2.45 bits per heavy atom. The van der Waals surface area contributed by atoms with Crippen LogP contribution in [0.3, 0.4) is 0 Å². The summed E-state index contributed by atoms with van der Waals surface area (Å²) in [4.78, 5) is 24.8. The number of nitro groups is 1. The summed E-state index contributed by atoms with van der Waals surface area (Å²) in [7, 11) is -3.84. The maximum Gasteiger partial charge on any atom is 0.270 e. The number of hydrogen-bond acceptors (Lipinski definition) is 7. The number of piperidine rings is 1. The van der Waals surface area contributed by atoms with Gasteiger partial charge >= 0.3 is 0 Å². The van der Waals surface area contributed by atoms with Gasteiger partial charge in [0.1, 0.15) is 11.2 Å². The Morgan fingerprint density at radius 2 is 1.84 bits per heavy atom. The number of rotatable bonds is 6. The van der Waals surface area contributed by atoms with Crippen molar-refractivity contribution >= 4 is 27.3 Å². The van der Waals surface area contributed by atoms with Crippen LogP contribution < -0.4 is 5.32 Å². The van der Waals surface area contributed by atoms with Gasteiger partial charge in [-0.3, -0.25) is 14.9 Å². The monoisotopic (exact) mass is 448 g/mol. The molecule has 0 spiro atoms. The Labute approximate surface area is 180 Å². The quantitative estimate of drug-likeness (QED) is 0.532. The molecule has 1 amide bonds. The van der Waals surface area contributed by atoms with Crippen molar-refractivity contribution in [1.82, 2.24) is 9.21 Å². The van der Waals surface area contributed by atoms with Crippen molar-refractivity contribution in [3.05, 3.63) is 52.5 Å². The number of sulfonamides is 1. The van der Waals surface area contributed by atoms with Gasteiger partial charge in [-0.2, -0.15) is 4.31 Å². The molecule has 166 valence electrons. The SMILES string of the molecule is O=C(c1ccoc1)N1CCC(Nc2ccc([N+](=O)[O-])cc2S(=O)(=O)N2CCCC2)CC1. The third kappa shape index (κ3) is 4.42. The van der Waals surface area contributed by atoms with Crippen molar-refractivity contribution in [2.45, 2.75) is 36.6 Å². The molecule has 1 aromatic carbocycles. The van der Waals surface area contributed by atoms with Crippen molar-refractivity contribution < 1.29 is 22.6 Å². The molecule has 2 saturated heterocycles. The summed E-state index contributed by atoms with van der Waals surface area (Å²) in [5.74, 6) is -0.0974. The van der Waals surface area contributed by atoms with Crippen LogP contribution in [-0.4, -0.2) is 60.7 Å². The third-order valence-electron chi connectivity index (χ3n) is 5.77. The molecule has 0 atom stereocenters. The zero-order valence-corrected chi connectivity index (χ0v) is 17.7. The first-order valence-electron chi connectivity index (χ1n) is 10.2. The van der Waals surface area contributed by atoms with E-state index in [1.54, 1.807) is 11.0 Å². The predicted octanol–water partition coefficient (Wildman–Crippen LogP) is 2.69. The number of benzene rings is 1. The van der Waals surface area contributed by atoms with Crippen LogP contribution in [-0.2, 0) is 10.0 Å². The number of amides is 1. The summed E-state index contributed by atoms with van der Waals surface area (Å²) < 4.78 is 32.6. The van der Waals surface area contributed by atoms with E-state index in [4.69, 9.17) is 4.42 Å². The van der Waals surface area contributed by atoms with Gasteiger partial charge in [0.2, 0.25) is 10.0 Å². The summed E-state index contributed by atoms with van der Waals surface area (Å²) in [6.07, 6.45) is 5.69. The van der Waals surface area contributed by atoms with E-state index < -0.39 is 14.9 Å². The Kier molecular flexibility index (Phi) is 5.96. The molecule has 2 fully saturated rings. The summed E-state index contributed by atoms with van der Waals surface area (Å²) in [5, 5.41) is 14.5. The van der Waals surface area contributed by atoms with Gasteiger partial charge in [-0.05, 0) is 37.8 Å². The molecular formula is C20H24N4O6S. The highest BCUT2D eigenvalue weighted by atomic mass is 32.2. The second-order valence-electron chi connectivity index (χ2n) is 7.77. The maximum atomic E-state index is 13.1. The van der Waals surface area contributed by atoms with Crippen LogP contribution in [0.1, 0.15) is 36.0 Å². The average molecular weight is 449 g/mol. The van der Waals surface area contributed by atoms with Crippen molar-refractivity contribution in [3.63, 3.8) is 0 Å². The summed E-state index contributed by atoms with van der Waals surface area (Å²) in [6, 6.07) is 5.47. The van der Waals surface area contributed by atoms with Gasteiger partial charge < -0.3 is 14.6 Å². The number of furan rings is 1. The second kappa shape index (κ2) is 8.67. The highest BCUT2D eigenvalue weighted by Crippen LogP contribution is 2.32. The van der Waals surface area contributed by atoms with Crippen LogP contribution in [0.15, 0.2) is 46.1 Å². The van der Waals surface area contributed by atoms with Crippen molar-refractivity contribution in [2.75, 3.05) is 31.5 Å². The van der Waals surface area contributed by atoms with E-state index in [-0.39, 0.29) is 22.5 Å². The fraction of sp³-hybridized carbons (Fsp3) is 0.450. The van der Waals surface area contributed by atoms with Gasteiger partial charge in [-0.1, -0.05) is 0 Å². The van der Waals surface area contributed by atoms with Crippen LogP contribution in [0.2, 0.25) is 0 Å². The first-order chi connectivity index (χ1) is 14.9. The summed E-state index contributed by atoms with van der Waals surface area (Å²) >= 11 is 0. The molecule has 0 radical (unpaired) electrons. The number of nitrogens with one attached hydrogen (secondary N) is 1. The Balaban J connectivity index is 1.51. The molecule has 4 rings (SSSR count). The Hall–Kier alpha value is -2.92. The number of anilines is 1. The average Bonchev–Trinajstić information content (AvgIpc) is 3.48. The van der Waals surface area contributed by atoms with E-state index in [0.29, 0.717) is 50.3 Å². The molecule has 31 heavy (non-hydrogen) atoms. The number of carbonyl (C=O) groups is 1. The maximum absolute atomic E-state index is 13.1. The highest BCUT2D eigenvalue weighted by molar-refractivity contribution is 7.89. The standard InChI is InChI=1S/C20H24N4O6S/c25-20(15-7-12-30-14-15)22-10-5-16(6-11-22)21-18-4-3-17(24(26)27)13-19(18)31(28,29)23-8-1-2-9-23/h3-4,7,12-14,16,21H,1-2,5-6,8-11H2. The number of hydrogen-bond donors (Lipinski definition) is 1. The Morgan fingerprint density at radius 1 is 1.13 bits per heavy atom. The van der Waals surface area contributed by atoms with Crippen LogP contribution in [0, 0.1) is 10.1 Å². The lowest BCUT2D eigenvalue weighted by Crippen LogP contribution is -2.42. The van der Waals surface area contributed by atoms with E-state index in [1.165, 1.54) is 29.0 Å². The fourth-order valence-electron chi connectivity index (χ4n) is 4.04. The van der Waals surface area contributed by atoms with Gasteiger partial charge in [0.15, 0.2) is 0 Å². The lowest BCUT2D eigenvalue weighted by Gasteiger charge is -2.33. The molecule has 11 heteroatoms. The molecule has 2 aliphatic rings. The minimum absolute atomic E-state index is 0.0533. The second-order valence-corrected chi connectivity index (χ2v) is 9.68. The normalized spacial score (nSPS) is 18.3. The Bertz CT molecular complexity index is 1060. The topological polar surface area (TPSA) is 126 Å². The first kappa shape index (κ1) is 21.3. The van der Waals surface area contributed by atoms with Crippen molar-refractivity contribution in [2.24, 2.45) is 0 Å². The zero-order chi connectivity index (χ0) is 22.0. The van der Waals surface area contributed by atoms with E-state index in [0.717, 1.165) is 18.9 Å². The largest absolute Gasteiger partial charge is 0.472 e. The molecule has 1 aromatic heterocycles. The van der Waals surface area contributed by atoms with E-state index in [2.05, 4.69) is 5.32 Å². The number of likely N-dealkylation sites (tertiary alicyclic amines) is 1. The first-order valence-corrected chi connectivity index (χ1v) is 11.7. The molecule has 2 aromatic rings. The summed E-state index contributed by atoms with van der Waals surface area (Å²) in [5.41, 5.74) is 0.599. The number of nitrogens with zero attached hydrogens (tertiary/aromatic N) is 3. The molecule has 10 nitrogen and oxygen atoms in total. The molecule has 0 aliphatic carbocycles. The van der Waals surface area contributed by atoms with Crippen LogP contribution in [0.25, 0.3) is 0 Å². The van der Waals surface area contributed by atoms with E-state index in [1.807, 2.05) is 0 Å². The molecule has 0 bridgehead atoms. The molecule has 1 N–H and O–H groups in total. The highest BCUT2D eigenvalue weighted by Gasteiger charge is 2.32. The van der Waals surface area contributed by atoms with E-state index >= 15 is 0 Å². The minimum Gasteiger partial charge on any atom is -0.472 e. The smallest absolute Gasteiger partial charge is 0.270 e. The van der Waals surface area contributed by atoms with Crippen LogP contribution in [0.5, 0.6) is 0 Å². The fourth-order valence-corrected chi connectivity index (χ4v) is 5.73. The van der Waals surface area contributed by atoms with Crippen molar-refractivity contribution in [3.8, 4) is 0 Å². The van der Waals surface area contributed by atoms with E-state index in [9.17, 15) is 23.3 Å². The van der Waals surface area contributed by atoms with Gasteiger partial charge in [0.25, 0.3) is 11.6 Å². The molecule has 2 aliphatic heterocycles. The minimum atomic E-state index is -3.84. The van der Waals surface area contributed by atoms with Gasteiger partial charge in [0.05, 0.1) is 22.4 Å². The number of nitro benzene ring substituents is 1. The lowest BCUT2D eigenvalue weighted by atomic mass is 10.0. The molecule has 3 heterocycles. The lowest BCUT2D eigenvalue weighted by molar-refractivity contribution is -0.385. The zero-order valence-electron chi connectivity index (χ0n) is 16.9. The molecule has 0 saturated carbocycles.